The number of rotatable bonds is 7. The molecule has 0 aromatic carbocycles. The second-order valence-corrected chi connectivity index (χ2v) is 5.10. The van der Waals surface area contributed by atoms with Gasteiger partial charge in [-0.3, -0.25) is 0 Å². The molecule has 0 saturated heterocycles. The summed E-state index contributed by atoms with van der Waals surface area (Å²) in [7, 11) is 0. The average Bonchev–Trinajstić information content (AvgIpc) is 2.13. The van der Waals surface area contributed by atoms with Crippen molar-refractivity contribution in [2.24, 2.45) is 0 Å². The fraction of sp³-hybridized carbons (Fsp3) is 1.00. The first-order chi connectivity index (χ1) is 6.33. The summed E-state index contributed by atoms with van der Waals surface area (Å²) in [5.41, 5.74) is 0.262. The molecule has 0 saturated carbocycles. The molecule has 15 heavy (non-hydrogen) atoms. The van der Waals surface area contributed by atoms with Gasteiger partial charge in [0.15, 0.2) is 0 Å². The Morgan fingerprint density at radius 3 is 1.20 bits per heavy atom. The quantitative estimate of drug-likeness (QED) is 0.607. The number of hydrogen-bond acceptors (Lipinski definition) is 0. The normalized spacial score (nSPS) is 12.4. The van der Waals surface area contributed by atoms with Gasteiger partial charge < -0.3 is 10.6 Å². The standard InChI is InChI=1S/C12H26N2.V/c1-7-11(3,4)13-9-10-14-12(5,6)8-2;/h7-10H2,1-6H3;/q-2;+2. The zero-order chi connectivity index (χ0) is 11.2. The Bertz CT molecular complexity index is 138. The molecule has 0 unspecified atom stereocenters. The molecular formula is C12H26N2V. The van der Waals surface area contributed by atoms with Crippen LogP contribution in [0.25, 0.3) is 10.6 Å². The van der Waals surface area contributed by atoms with E-state index >= 15 is 0 Å². The molecule has 0 aliphatic carbocycles. The summed E-state index contributed by atoms with van der Waals surface area (Å²) in [5, 5.41) is 9.24. The molecular weight excluding hydrogens is 223 g/mol. The zero-order valence-electron chi connectivity index (χ0n) is 11.2. The van der Waals surface area contributed by atoms with E-state index in [-0.39, 0.29) is 29.6 Å². The van der Waals surface area contributed by atoms with Crippen LogP contribution in [-0.4, -0.2) is 24.2 Å². The summed E-state index contributed by atoms with van der Waals surface area (Å²) in [6.07, 6.45) is 2.20. The summed E-state index contributed by atoms with van der Waals surface area (Å²) >= 11 is 0. The Labute approximate surface area is 108 Å². The molecule has 0 rings (SSSR count). The maximum absolute atomic E-state index is 4.62. The van der Waals surface area contributed by atoms with Crippen LogP contribution in [0, 0.1) is 0 Å². The minimum atomic E-state index is 0. The van der Waals surface area contributed by atoms with E-state index in [1.165, 1.54) is 0 Å². The van der Waals surface area contributed by atoms with E-state index in [9.17, 15) is 0 Å². The molecule has 0 heterocycles. The SMILES string of the molecule is CCC(C)(C)[N-]CC[N-]C(C)(C)CC.[V+2]. The molecule has 3 heteroatoms. The van der Waals surface area contributed by atoms with Gasteiger partial charge in [-0.2, -0.15) is 13.1 Å². The van der Waals surface area contributed by atoms with Crippen molar-refractivity contribution in [1.82, 2.24) is 0 Å². The minimum Gasteiger partial charge on any atom is -0.659 e. The molecule has 0 aromatic rings. The fourth-order valence-electron chi connectivity index (χ4n) is 0.929. The van der Waals surface area contributed by atoms with E-state index < -0.39 is 0 Å². The first kappa shape index (κ1) is 17.9. The first-order valence-corrected chi connectivity index (χ1v) is 5.70. The second-order valence-electron chi connectivity index (χ2n) is 5.10. The number of nitrogens with zero attached hydrogens (tertiary/aromatic N) is 2. The summed E-state index contributed by atoms with van der Waals surface area (Å²) in [4.78, 5) is 0. The minimum absolute atomic E-state index is 0. The maximum atomic E-state index is 4.62. The number of hydrogen-bond donors (Lipinski definition) is 0. The van der Waals surface area contributed by atoms with Crippen LogP contribution in [0.15, 0.2) is 0 Å². The molecule has 0 spiro atoms. The van der Waals surface area contributed by atoms with Crippen LogP contribution >= 0.6 is 0 Å². The van der Waals surface area contributed by atoms with Gasteiger partial charge >= 0.3 is 18.6 Å². The van der Waals surface area contributed by atoms with Crippen molar-refractivity contribution < 1.29 is 18.6 Å². The second kappa shape index (κ2) is 7.73. The molecule has 0 atom stereocenters. The topological polar surface area (TPSA) is 28.2 Å². The van der Waals surface area contributed by atoms with Crippen molar-refractivity contribution in [2.75, 3.05) is 13.1 Å². The van der Waals surface area contributed by atoms with Gasteiger partial charge in [0, 0.05) is 0 Å². The maximum Gasteiger partial charge on any atom is 2.00 e. The van der Waals surface area contributed by atoms with Gasteiger partial charge in [0.1, 0.15) is 0 Å². The third kappa shape index (κ3) is 9.43. The molecule has 0 N–H and O–H groups in total. The summed E-state index contributed by atoms with van der Waals surface area (Å²) in [6.45, 7) is 14.8. The van der Waals surface area contributed by atoms with Gasteiger partial charge in [-0.25, -0.2) is 0 Å². The summed E-state index contributed by atoms with van der Waals surface area (Å²) in [6, 6.07) is 0. The van der Waals surface area contributed by atoms with Crippen LogP contribution in [-0.2, 0) is 18.6 Å². The van der Waals surface area contributed by atoms with Crippen LogP contribution in [0.1, 0.15) is 54.4 Å². The van der Waals surface area contributed by atoms with Crippen molar-refractivity contribution in [3.8, 4) is 0 Å². The van der Waals surface area contributed by atoms with E-state index in [4.69, 9.17) is 0 Å². The molecule has 0 aliphatic heterocycles. The van der Waals surface area contributed by atoms with E-state index in [2.05, 4.69) is 52.2 Å². The van der Waals surface area contributed by atoms with Crippen molar-refractivity contribution in [2.45, 2.75) is 65.5 Å². The van der Waals surface area contributed by atoms with Gasteiger partial charge in [-0.15, -0.1) is 11.1 Å². The van der Waals surface area contributed by atoms with E-state index in [0.29, 0.717) is 0 Å². The van der Waals surface area contributed by atoms with Gasteiger partial charge in [-0.05, 0) is 0 Å². The van der Waals surface area contributed by atoms with Crippen molar-refractivity contribution in [1.29, 1.82) is 0 Å². The van der Waals surface area contributed by atoms with Gasteiger partial charge in [0.25, 0.3) is 0 Å². The van der Waals surface area contributed by atoms with E-state index in [1.807, 2.05) is 0 Å². The Balaban J connectivity index is 0. The zero-order valence-corrected chi connectivity index (χ0v) is 12.6. The van der Waals surface area contributed by atoms with Crippen molar-refractivity contribution in [3.63, 3.8) is 0 Å². The molecule has 0 bridgehead atoms. The Hall–Kier alpha value is 0.504. The Morgan fingerprint density at radius 2 is 1.00 bits per heavy atom. The molecule has 0 aliphatic rings. The summed E-state index contributed by atoms with van der Waals surface area (Å²) < 4.78 is 0. The van der Waals surface area contributed by atoms with Crippen molar-refractivity contribution in [3.05, 3.63) is 10.6 Å². The van der Waals surface area contributed by atoms with E-state index in [0.717, 1.165) is 25.9 Å². The first-order valence-electron chi connectivity index (χ1n) is 5.70. The Kier molecular flexibility index (Phi) is 9.21. The van der Waals surface area contributed by atoms with Gasteiger partial charge in [0.2, 0.25) is 0 Å². The third-order valence-electron chi connectivity index (χ3n) is 2.91. The van der Waals surface area contributed by atoms with Crippen LogP contribution in [0.2, 0.25) is 0 Å². The smallest absolute Gasteiger partial charge is 0.659 e. The molecule has 1 radical (unpaired) electrons. The van der Waals surface area contributed by atoms with E-state index in [1.54, 1.807) is 0 Å². The predicted octanol–water partition coefficient (Wildman–Crippen LogP) is 4.11. The third-order valence-corrected chi connectivity index (χ3v) is 2.91. The molecule has 89 valence electrons. The van der Waals surface area contributed by atoms with Crippen LogP contribution in [0.4, 0.5) is 0 Å². The largest absolute Gasteiger partial charge is 2.00 e. The molecule has 0 aromatic heterocycles. The van der Waals surface area contributed by atoms with Crippen LogP contribution in [0.3, 0.4) is 0 Å². The van der Waals surface area contributed by atoms with Crippen LogP contribution < -0.4 is 0 Å². The average molecular weight is 249 g/mol. The Morgan fingerprint density at radius 1 is 0.733 bits per heavy atom. The molecule has 0 amide bonds. The fourth-order valence-corrected chi connectivity index (χ4v) is 0.929. The van der Waals surface area contributed by atoms with Crippen molar-refractivity contribution >= 4 is 0 Å². The summed E-state index contributed by atoms with van der Waals surface area (Å²) in [5.74, 6) is 0. The van der Waals surface area contributed by atoms with Gasteiger partial charge in [0.05, 0.1) is 0 Å². The predicted molar refractivity (Wildman–Crippen MR) is 65.2 cm³/mol. The van der Waals surface area contributed by atoms with Gasteiger partial charge in [-0.1, -0.05) is 54.4 Å². The molecule has 2 nitrogen and oxygen atoms in total. The molecule has 0 fully saturated rings. The monoisotopic (exact) mass is 249 g/mol. The van der Waals surface area contributed by atoms with Crippen LogP contribution in [0.5, 0.6) is 0 Å².